The van der Waals surface area contributed by atoms with E-state index in [1.807, 2.05) is 0 Å². The number of nitrogens with zero attached hydrogens (tertiary/aromatic N) is 3. The molecule has 0 spiro atoms. The minimum atomic E-state index is -0.414. The van der Waals surface area contributed by atoms with Gasteiger partial charge in [-0.25, -0.2) is 4.63 Å². The number of thiocarbonyl (C=S) groups is 1. The van der Waals surface area contributed by atoms with Crippen LogP contribution in [0.3, 0.4) is 0 Å². The standard InChI is InChI=1S/C31H30N8O7S2/c40-25(32-14-2-1-3-15-33-28(41)19-6-4-18(5-7-19)16-24-30(43)36-31(47)48-24)17-34-29(42)20-8-10-21(11-9-20)35-22-12-13-23(39(44)45)27-26(22)37-46-38-27/h4-13,16,35,44-45H,1-3,14-15,17H2,(H,32,40)(H,33,41)(H,34,42)(H,36,43,47)/b24-16-. The van der Waals surface area contributed by atoms with Crippen molar-refractivity contribution in [1.29, 1.82) is 0 Å². The average Bonchev–Trinajstić information content (AvgIpc) is 3.69. The van der Waals surface area contributed by atoms with Gasteiger partial charge >= 0.3 is 0 Å². The summed E-state index contributed by atoms with van der Waals surface area (Å²) < 4.78 is 5.14. The minimum absolute atomic E-state index is 0.00753. The van der Waals surface area contributed by atoms with Crippen LogP contribution in [0.4, 0.5) is 17.1 Å². The van der Waals surface area contributed by atoms with Crippen LogP contribution in [0.15, 0.2) is 70.2 Å². The first-order valence-corrected chi connectivity index (χ1v) is 15.9. The molecule has 0 saturated carbocycles. The van der Waals surface area contributed by atoms with Gasteiger partial charge in [0.15, 0.2) is 11.0 Å². The van der Waals surface area contributed by atoms with Crippen LogP contribution >= 0.6 is 24.0 Å². The predicted octanol–water partition coefficient (Wildman–Crippen LogP) is 3.49. The molecule has 1 saturated heterocycles. The van der Waals surface area contributed by atoms with Gasteiger partial charge in [0.05, 0.1) is 17.1 Å². The third kappa shape index (κ3) is 8.91. The molecule has 5 rings (SSSR count). The van der Waals surface area contributed by atoms with E-state index >= 15 is 0 Å². The van der Waals surface area contributed by atoms with Crippen LogP contribution in [0, 0.1) is 0 Å². The predicted molar refractivity (Wildman–Crippen MR) is 182 cm³/mol. The quantitative estimate of drug-likeness (QED) is 0.0438. The van der Waals surface area contributed by atoms with E-state index in [-0.39, 0.29) is 46.2 Å². The fourth-order valence-electron chi connectivity index (χ4n) is 4.56. The lowest BCUT2D eigenvalue weighted by Crippen LogP contribution is -2.37. The Balaban J connectivity index is 0.948. The number of amides is 4. The Kier molecular flexibility index (Phi) is 11.3. The molecule has 2 heterocycles. The number of anilines is 3. The fraction of sp³-hybridized carbons (Fsp3) is 0.194. The third-order valence-electron chi connectivity index (χ3n) is 7.02. The van der Waals surface area contributed by atoms with Crippen molar-refractivity contribution in [2.75, 3.05) is 30.2 Å². The molecule has 0 atom stereocenters. The van der Waals surface area contributed by atoms with E-state index in [2.05, 4.69) is 36.9 Å². The van der Waals surface area contributed by atoms with Crippen LogP contribution in [0.5, 0.6) is 0 Å². The maximum atomic E-state index is 12.5. The molecule has 15 nitrogen and oxygen atoms in total. The van der Waals surface area contributed by atoms with Crippen molar-refractivity contribution < 1.29 is 34.2 Å². The molecule has 0 bridgehead atoms. The number of hydrogen-bond donors (Lipinski definition) is 7. The van der Waals surface area contributed by atoms with Crippen molar-refractivity contribution in [2.24, 2.45) is 0 Å². The van der Waals surface area contributed by atoms with E-state index in [4.69, 9.17) is 16.8 Å². The molecule has 0 aliphatic carbocycles. The molecule has 1 aliphatic heterocycles. The molecule has 17 heteroatoms. The second-order valence-corrected chi connectivity index (χ2v) is 12.1. The van der Waals surface area contributed by atoms with E-state index in [9.17, 15) is 29.6 Å². The topological polar surface area (TPSA) is 211 Å². The van der Waals surface area contributed by atoms with Gasteiger partial charge < -0.3 is 26.6 Å². The number of rotatable bonds is 14. The lowest BCUT2D eigenvalue weighted by Gasteiger charge is -2.11. The second kappa shape index (κ2) is 16.0. The first-order chi connectivity index (χ1) is 23.2. The van der Waals surface area contributed by atoms with Crippen molar-refractivity contribution in [3.05, 3.63) is 82.3 Å². The van der Waals surface area contributed by atoms with E-state index in [0.29, 0.717) is 51.2 Å². The molecule has 248 valence electrons. The van der Waals surface area contributed by atoms with Gasteiger partial charge in [0, 0.05) is 29.9 Å². The summed E-state index contributed by atoms with van der Waals surface area (Å²) in [6, 6.07) is 16.4. The highest BCUT2D eigenvalue weighted by molar-refractivity contribution is 8.26. The number of nitrogens with one attached hydrogen (secondary N) is 5. The van der Waals surface area contributed by atoms with Gasteiger partial charge in [-0.05, 0) is 89.7 Å². The summed E-state index contributed by atoms with van der Waals surface area (Å²) in [5, 5.41) is 39.9. The zero-order valence-electron chi connectivity index (χ0n) is 25.2. The number of unbranched alkanes of at least 4 members (excludes halogenated alkanes) is 2. The highest BCUT2D eigenvalue weighted by Crippen LogP contribution is 2.31. The average molecular weight is 691 g/mol. The van der Waals surface area contributed by atoms with Crippen molar-refractivity contribution in [2.45, 2.75) is 19.3 Å². The number of fused-ring (bicyclic) bond motifs is 1. The van der Waals surface area contributed by atoms with Gasteiger partial charge in [0.25, 0.3) is 17.7 Å². The van der Waals surface area contributed by atoms with Gasteiger partial charge in [-0.2, -0.15) is 0 Å². The number of carbonyl (C=O) groups is 4. The summed E-state index contributed by atoms with van der Waals surface area (Å²) in [6.45, 7) is 0.739. The Morgan fingerprint density at radius 2 is 1.50 bits per heavy atom. The monoisotopic (exact) mass is 690 g/mol. The van der Waals surface area contributed by atoms with Gasteiger partial charge in [0.1, 0.15) is 10.0 Å². The third-order valence-corrected chi connectivity index (χ3v) is 8.18. The number of aromatic nitrogens is 2. The van der Waals surface area contributed by atoms with Crippen LogP contribution in [-0.2, 0) is 9.59 Å². The van der Waals surface area contributed by atoms with Gasteiger partial charge in [0.2, 0.25) is 5.91 Å². The zero-order chi connectivity index (χ0) is 34.0. The van der Waals surface area contributed by atoms with Crippen LogP contribution in [0.1, 0.15) is 45.5 Å². The van der Waals surface area contributed by atoms with E-state index in [0.717, 1.165) is 18.4 Å². The smallest absolute Gasteiger partial charge is 0.263 e. The molecule has 4 aromatic rings. The first kappa shape index (κ1) is 34.0. The number of benzene rings is 3. The molecule has 7 N–H and O–H groups in total. The summed E-state index contributed by atoms with van der Waals surface area (Å²) >= 11 is 6.18. The molecule has 48 heavy (non-hydrogen) atoms. The highest BCUT2D eigenvalue weighted by Gasteiger charge is 2.22. The molecule has 0 radical (unpaired) electrons. The summed E-state index contributed by atoms with van der Waals surface area (Å²) in [5.74, 6) is -1.16. The van der Waals surface area contributed by atoms with Gasteiger partial charge in [-0.15, -0.1) is 5.23 Å². The molecule has 3 aromatic carbocycles. The molecular formula is C31H30N8O7S2. The zero-order valence-corrected chi connectivity index (χ0v) is 26.8. The lowest BCUT2D eigenvalue weighted by molar-refractivity contribution is -0.120. The SMILES string of the molecule is O=C(CNC(=O)c1ccc(Nc2ccc(N(O)O)c3nonc23)cc1)NCCCCCNC(=O)c1ccc(/C=C2\SC(=S)NC2=O)cc1. The van der Waals surface area contributed by atoms with Crippen molar-refractivity contribution in [3.63, 3.8) is 0 Å². The van der Waals surface area contributed by atoms with Crippen molar-refractivity contribution >= 4 is 86.1 Å². The van der Waals surface area contributed by atoms with Gasteiger partial charge in [-0.1, -0.05) is 36.1 Å². The highest BCUT2D eigenvalue weighted by atomic mass is 32.2. The maximum Gasteiger partial charge on any atom is 0.263 e. The Bertz CT molecular complexity index is 1860. The summed E-state index contributed by atoms with van der Waals surface area (Å²) in [4.78, 5) is 49.5. The number of hydrogen-bond acceptors (Lipinski definition) is 13. The number of thioether (sulfide) groups is 1. The molecular weight excluding hydrogens is 661 g/mol. The van der Waals surface area contributed by atoms with Crippen molar-refractivity contribution in [1.82, 2.24) is 31.6 Å². The molecule has 1 fully saturated rings. The van der Waals surface area contributed by atoms with E-state index in [1.165, 1.54) is 17.8 Å². The molecule has 1 aliphatic rings. The van der Waals surface area contributed by atoms with Crippen LogP contribution in [0.2, 0.25) is 0 Å². The van der Waals surface area contributed by atoms with Crippen LogP contribution in [-0.4, -0.2) is 68.3 Å². The Labute approximate surface area is 283 Å². The maximum absolute atomic E-state index is 12.5. The Morgan fingerprint density at radius 3 is 2.17 bits per heavy atom. The number of carbonyl (C=O) groups excluding carboxylic acids is 4. The van der Waals surface area contributed by atoms with Crippen LogP contribution in [0.25, 0.3) is 17.1 Å². The van der Waals surface area contributed by atoms with E-state index < -0.39 is 5.91 Å². The van der Waals surface area contributed by atoms with Crippen LogP contribution < -0.4 is 31.8 Å². The lowest BCUT2D eigenvalue weighted by atomic mass is 10.1. The molecule has 1 aromatic heterocycles. The summed E-state index contributed by atoms with van der Waals surface area (Å²) in [5.41, 5.74) is 3.17. The van der Waals surface area contributed by atoms with Crippen molar-refractivity contribution in [3.8, 4) is 0 Å². The normalized spacial score (nSPS) is 13.3. The molecule has 4 amide bonds. The second-order valence-electron chi connectivity index (χ2n) is 10.4. The Morgan fingerprint density at radius 1 is 0.854 bits per heavy atom. The summed E-state index contributed by atoms with van der Waals surface area (Å²) in [6.07, 6.45) is 3.94. The molecule has 0 unspecified atom stereocenters. The minimum Gasteiger partial charge on any atom is -0.355 e. The largest absolute Gasteiger partial charge is 0.355 e. The van der Waals surface area contributed by atoms with Gasteiger partial charge in [-0.3, -0.25) is 29.6 Å². The Hall–Kier alpha value is -5.36. The van der Waals surface area contributed by atoms with E-state index in [1.54, 1.807) is 60.7 Å². The summed E-state index contributed by atoms with van der Waals surface area (Å²) in [7, 11) is 0. The first-order valence-electron chi connectivity index (χ1n) is 14.7. The fourth-order valence-corrected chi connectivity index (χ4v) is 5.61.